The normalized spacial score (nSPS) is 17.8. The topological polar surface area (TPSA) is 51.0 Å². The Morgan fingerprint density at radius 1 is 1.40 bits per heavy atom. The van der Waals surface area contributed by atoms with Gasteiger partial charge in [-0.2, -0.15) is 4.98 Å². The fraction of sp³-hybridized carbons (Fsp3) is 0.818. The van der Waals surface area contributed by atoms with Gasteiger partial charge in [-0.15, -0.1) is 0 Å². The standard InChI is InChI=1S/C11H19N3O/c1-11(2,3)10-13-9(14-15-10)7-12-8-5-4-6-8/h8,12H,4-7H2,1-3H3. The summed E-state index contributed by atoms with van der Waals surface area (Å²) >= 11 is 0. The van der Waals surface area contributed by atoms with Crippen molar-refractivity contribution in [3.63, 3.8) is 0 Å². The molecule has 1 aromatic heterocycles. The van der Waals surface area contributed by atoms with Crippen LogP contribution in [0.4, 0.5) is 0 Å². The molecule has 4 heteroatoms. The lowest BCUT2D eigenvalue weighted by atomic mass is 9.93. The second-order valence-corrected chi connectivity index (χ2v) is 5.27. The first kappa shape index (κ1) is 10.6. The van der Waals surface area contributed by atoms with Crippen LogP contribution in [0, 0.1) is 0 Å². The largest absolute Gasteiger partial charge is 0.339 e. The minimum atomic E-state index is -0.0538. The van der Waals surface area contributed by atoms with Crippen LogP contribution in [-0.2, 0) is 12.0 Å². The minimum Gasteiger partial charge on any atom is -0.339 e. The van der Waals surface area contributed by atoms with Gasteiger partial charge in [-0.25, -0.2) is 0 Å². The van der Waals surface area contributed by atoms with Crippen LogP contribution in [0.15, 0.2) is 4.52 Å². The summed E-state index contributed by atoms with van der Waals surface area (Å²) in [5.74, 6) is 1.49. The second-order valence-electron chi connectivity index (χ2n) is 5.27. The Bertz CT molecular complexity index is 323. The molecule has 1 saturated carbocycles. The molecule has 0 unspecified atom stereocenters. The summed E-state index contributed by atoms with van der Waals surface area (Å²) < 4.78 is 5.21. The number of aromatic nitrogens is 2. The van der Waals surface area contributed by atoms with Crippen LogP contribution in [0.25, 0.3) is 0 Å². The van der Waals surface area contributed by atoms with Gasteiger partial charge in [0.15, 0.2) is 5.82 Å². The van der Waals surface area contributed by atoms with Gasteiger partial charge in [0.25, 0.3) is 0 Å². The average Bonchev–Trinajstić information content (AvgIpc) is 2.48. The van der Waals surface area contributed by atoms with Crippen molar-refractivity contribution in [2.75, 3.05) is 0 Å². The fourth-order valence-electron chi connectivity index (χ4n) is 1.48. The van der Waals surface area contributed by atoms with Crippen LogP contribution in [0.1, 0.15) is 51.7 Å². The van der Waals surface area contributed by atoms with Crippen LogP contribution < -0.4 is 5.32 Å². The van der Waals surface area contributed by atoms with Gasteiger partial charge < -0.3 is 9.84 Å². The van der Waals surface area contributed by atoms with E-state index in [0.29, 0.717) is 11.9 Å². The Morgan fingerprint density at radius 3 is 2.60 bits per heavy atom. The molecule has 0 amide bonds. The first-order chi connectivity index (χ1) is 7.05. The maximum atomic E-state index is 5.21. The van der Waals surface area contributed by atoms with E-state index in [1.54, 1.807) is 0 Å². The van der Waals surface area contributed by atoms with Gasteiger partial charge in [-0.1, -0.05) is 32.3 Å². The van der Waals surface area contributed by atoms with Gasteiger partial charge in [0.1, 0.15) is 0 Å². The van der Waals surface area contributed by atoms with Gasteiger partial charge >= 0.3 is 0 Å². The summed E-state index contributed by atoms with van der Waals surface area (Å²) in [4.78, 5) is 4.37. The highest BCUT2D eigenvalue weighted by atomic mass is 16.5. The average molecular weight is 209 g/mol. The van der Waals surface area contributed by atoms with Gasteiger partial charge in [-0.3, -0.25) is 0 Å². The lowest BCUT2D eigenvalue weighted by Crippen LogP contribution is -2.34. The van der Waals surface area contributed by atoms with Crippen molar-refractivity contribution in [2.24, 2.45) is 0 Å². The smallest absolute Gasteiger partial charge is 0.232 e. The second kappa shape index (κ2) is 3.93. The highest BCUT2D eigenvalue weighted by Crippen LogP contribution is 2.20. The van der Waals surface area contributed by atoms with E-state index in [4.69, 9.17) is 4.52 Å². The maximum absolute atomic E-state index is 5.21. The summed E-state index contributed by atoms with van der Waals surface area (Å²) in [7, 11) is 0. The van der Waals surface area contributed by atoms with Crippen LogP contribution in [0.2, 0.25) is 0 Å². The molecule has 0 saturated heterocycles. The van der Waals surface area contributed by atoms with Crippen LogP contribution in [0.3, 0.4) is 0 Å². The summed E-state index contributed by atoms with van der Waals surface area (Å²) in [5.41, 5.74) is -0.0538. The zero-order chi connectivity index (χ0) is 10.9. The molecule has 0 bridgehead atoms. The van der Waals surface area contributed by atoms with Gasteiger partial charge in [0.2, 0.25) is 5.89 Å². The summed E-state index contributed by atoms with van der Waals surface area (Å²) in [6, 6.07) is 0.668. The molecular formula is C11H19N3O. The third-order valence-electron chi connectivity index (χ3n) is 2.76. The molecule has 2 rings (SSSR count). The molecular weight excluding hydrogens is 190 g/mol. The fourth-order valence-corrected chi connectivity index (χ4v) is 1.48. The number of nitrogens with one attached hydrogen (secondary N) is 1. The number of hydrogen-bond donors (Lipinski definition) is 1. The molecule has 0 spiro atoms. The van der Waals surface area contributed by atoms with Crippen LogP contribution in [0.5, 0.6) is 0 Å². The van der Waals surface area contributed by atoms with E-state index < -0.39 is 0 Å². The number of hydrogen-bond acceptors (Lipinski definition) is 4. The highest BCUT2D eigenvalue weighted by molar-refractivity contribution is 4.98. The van der Waals surface area contributed by atoms with Crippen molar-refractivity contribution in [1.82, 2.24) is 15.5 Å². The van der Waals surface area contributed by atoms with Gasteiger partial charge in [0, 0.05) is 11.5 Å². The van der Waals surface area contributed by atoms with Crippen molar-refractivity contribution < 1.29 is 4.52 Å². The molecule has 84 valence electrons. The maximum Gasteiger partial charge on any atom is 0.232 e. The first-order valence-corrected chi connectivity index (χ1v) is 5.62. The molecule has 0 atom stereocenters. The van der Waals surface area contributed by atoms with E-state index >= 15 is 0 Å². The molecule has 4 nitrogen and oxygen atoms in total. The van der Waals surface area contributed by atoms with E-state index in [9.17, 15) is 0 Å². The zero-order valence-corrected chi connectivity index (χ0v) is 9.71. The van der Waals surface area contributed by atoms with Crippen molar-refractivity contribution in [2.45, 2.75) is 58.0 Å². The molecule has 1 aromatic rings. The van der Waals surface area contributed by atoms with Gasteiger partial charge in [-0.05, 0) is 12.8 Å². The van der Waals surface area contributed by atoms with Crippen LogP contribution >= 0.6 is 0 Å². The molecule has 15 heavy (non-hydrogen) atoms. The number of rotatable bonds is 3. The minimum absolute atomic E-state index is 0.0538. The summed E-state index contributed by atoms with van der Waals surface area (Å²) in [6.07, 6.45) is 3.91. The third-order valence-corrected chi connectivity index (χ3v) is 2.76. The quantitative estimate of drug-likeness (QED) is 0.827. The van der Waals surface area contributed by atoms with Crippen molar-refractivity contribution in [3.8, 4) is 0 Å². The predicted molar refractivity (Wildman–Crippen MR) is 57.5 cm³/mol. The SMILES string of the molecule is CC(C)(C)c1nc(CNC2CCC2)no1. The molecule has 1 aliphatic rings. The Balaban J connectivity index is 1.89. The summed E-state index contributed by atoms with van der Waals surface area (Å²) in [5, 5.41) is 7.38. The van der Waals surface area contributed by atoms with Gasteiger partial charge in [0.05, 0.1) is 6.54 Å². The molecule has 1 fully saturated rings. The van der Waals surface area contributed by atoms with E-state index in [-0.39, 0.29) is 5.41 Å². The van der Waals surface area contributed by atoms with E-state index in [2.05, 4.69) is 36.2 Å². The number of nitrogens with zero attached hydrogens (tertiary/aromatic N) is 2. The van der Waals surface area contributed by atoms with Crippen LogP contribution in [-0.4, -0.2) is 16.2 Å². The van der Waals surface area contributed by atoms with E-state index in [0.717, 1.165) is 12.4 Å². The Morgan fingerprint density at radius 2 is 2.13 bits per heavy atom. The lowest BCUT2D eigenvalue weighted by molar-refractivity contribution is 0.311. The first-order valence-electron chi connectivity index (χ1n) is 5.62. The van der Waals surface area contributed by atoms with Crippen molar-refractivity contribution in [3.05, 3.63) is 11.7 Å². The van der Waals surface area contributed by atoms with E-state index in [1.807, 2.05) is 0 Å². The zero-order valence-electron chi connectivity index (χ0n) is 9.71. The molecule has 1 N–H and O–H groups in total. The Labute approximate surface area is 90.4 Å². The lowest BCUT2D eigenvalue weighted by Gasteiger charge is -2.25. The summed E-state index contributed by atoms with van der Waals surface area (Å²) in [6.45, 7) is 6.95. The third kappa shape index (κ3) is 2.56. The Kier molecular flexibility index (Phi) is 2.78. The highest BCUT2D eigenvalue weighted by Gasteiger charge is 2.22. The molecule has 1 heterocycles. The predicted octanol–water partition coefficient (Wildman–Crippen LogP) is 2.01. The molecule has 0 radical (unpaired) electrons. The monoisotopic (exact) mass is 209 g/mol. The molecule has 0 aromatic carbocycles. The Hall–Kier alpha value is -0.900. The molecule has 1 aliphatic carbocycles. The van der Waals surface area contributed by atoms with Crippen molar-refractivity contribution >= 4 is 0 Å². The van der Waals surface area contributed by atoms with Crippen molar-refractivity contribution in [1.29, 1.82) is 0 Å². The van der Waals surface area contributed by atoms with E-state index in [1.165, 1.54) is 19.3 Å². The molecule has 0 aliphatic heterocycles.